The van der Waals surface area contributed by atoms with Gasteiger partial charge in [-0.15, -0.1) is 0 Å². The average molecular weight is 253 g/mol. The Hall–Kier alpha value is -1.82. The Balaban J connectivity index is 2.81. The highest BCUT2D eigenvalue weighted by molar-refractivity contribution is 8.13. The van der Waals surface area contributed by atoms with E-state index in [4.69, 9.17) is 0 Å². The summed E-state index contributed by atoms with van der Waals surface area (Å²) >= 11 is 1.13. The topological polar surface area (TPSA) is 80.4 Å². The van der Waals surface area contributed by atoms with Crippen LogP contribution in [0.15, 0.2) is 24.3 Å². The molecule has 0 aliphatic rings. The van der Waals surface area contributed by atoms with E-state index >= 15 is 0 Å². The molecular formula is C11H11NO4S. The number of nitro groups is 1. The Bertz CT molecular complexity index is 471. The number of aromatic hydroxyl groups is 1. The first-order valence-corrected chi connectivity index (χ1v) is 5.77. The quantitative estimate of drug-likeness (QED) is 0.659. The number of phenols is 1. The average Bonchev–Trinajstić information content (AvgIpc) is 2.25. The highest BCUT2D eigenvalue weighted by Crippen LogP contribution is 2.30. The third-order valence-electron chi connectivity index (χ3n) is 1.92. The lowest BCUT2D eigenvalue weighted by molar-refractivity contribution is -0.385. The molecule has 0 fully saturated rings. The second kappa shape index (κ2) is 6.05. The van der Waals surface area contributed by atoms with E-state index in [2.05, 4.69) is 0 Å². The van der Waals surface area contributed by atoms with Gasteiger partial charge in [0.05, 0.1) is 4.92 Å². The molecule has 0 atom stereocenters. The zero-order valence-corrected chi connectivity index (χ0v) is 9.94. The normalized spacial score (nSPS) is 10.6. The van der Waals surface area contributed by atoms with Crippen molar-refractivity contribution in [3.63, 3.8) is 0 Å². The number of nitrogens with zero attached hydrogens (tertiary/aromatic N) is 1. The Kier molecular flexibility index (Phi) is 4.71. The third kappa shape index (κ3) is 3.92. The molecule has 1 rings (SSSR count). The summed E-state index contributed by atoms with van der Waals surface area (Å²) in [6, 6.07) is 4.30. The van der Waals surface area contributed by atoms with Crippen LogP contribution in [0.2, 0.25) is 0 Å². The van der Waals surface area contributed by atoms with E-state index in [0.29, 0.717) is 11.3 Å². The largest absolute Gasteiger partial charge is 0.502 e. The highest BCUT2D eigenvalue weighted by Gasteiger charge is 2.14. The molecule has 0 spiro atoms. The standard InChI is InChI=1S/C11H11NO4S/c1-8(13)17-7-3-5-9-4-2-6-10(11(9)14)12(15)16/h2-6,14H,7H2,1H3. The van der Waals surface area contributed by atoms with Gasteiger partial charge < -0.3 is 5.11 Å². The van der Waals surface area contributed by atoms with Crippen LogP contribution in [0.4, 0.5) is 5.69 Å². The van der Waals surface area contributed by atoms with Gasteiger partial charge in [0, 0.05) is 24.3 Å². The van der Waals surface area contributed by atoms with Crippen LogP contribution in [0.25, 0.3) is 6.08 Å². The predicted molar refractivity (Wildman–Crippen MR) is 66.9 cm³/mol. The first-order chi connectivity index (χ1) is 8.02. The number of carbonyl (C=O) groups excluding carboxylic acids is 1. The fourth-order valence-electron chi connectivity index (χ4n) is 1.17. The van der Waals surface area contributed by atoms with E-state index in [9.17, 15) is 20.0 Å². The van der Waals surface area contributed by atoms with Crippen LogP contribution in [-0.4, -0.2) is 20.9 Å². The molecule has 0 radical (unpaired) electrons. The molecule has 0 amide bonds. The smallest absolute Gasteiger partial charge is 0.311 e. The maximum absolute atomic E-state index is 10.7. The van der Waals surface area contributed by atoms with Crippen LogP contribution in [0.1, 0.15) is 12.5 Å². The molecule has 0 aliphatic carbocycles. The van der Waals surface area contributed by atoms with Gasteiger partial charge >= 0.3 is 5.69 Å². The molecule has 0 aromatic heterocycles. The van der Waals surface area contributed by atoms with E-state index in [1.807, 2.05) is 0 Å². The fraction of sp³-hybridized carbons (Fsp3) is 0.182. The van der Waals surface area contributed by atoms with Gasteiger partial charge in [-0.2, -0.15) is 0 Å². The second-order valence-electron chi connectivity index (χ2n) is 3.18. The van der Waals surface area contributed by atoms with Gasteiger partial charge in [0.25, 0.3) is 0 Å². The van der Waals surface area contributed by atoms with Crippen molar-refractivity contribution in [3.05, 3.63) is 40.0 Å². The first kappa shape index (κ1) is 13.2. The Morgan fingerprint density at radius 2 is 2.29 bits per heavy atom. The van der Waals surface area contributed by atoms with E-state index in [0.717, 1.165) is 11.8 Å². The molecule has 1 N–H and O–H groups in total. The molecule has 1 aromatic carbocycles. The van der Waals surface area contributed by atoms with Crippen molar-refractivity contribution in [1.29, 1.82) is 0 Å². The lowest BCUT2D eigenvalue weighted by Crippen LogP contribution is -1.89. The zero-order valence-electron chi connectivity index (χ0n) is 9.12. The molecule has 5 nitrogen and oxygen atoms in total. The van der Waals surface area contributed by atoms with Gasteiger partial charge in [-0.3, -0.25) is 14.9 Å². The Morgan fingerprint density at radius 1 is 1.59 bits per heavy atom. The van der Waals surface area contributed by atoms with E-state index in [-0.39, 0.29) is 16.6 Å². The summed E-state index contributed by atoms with van der Waals surface area (Å²) in [5.74, 6) is 0.110. The predicted octanol–water partition coefficient (Wildman–Crippen LogP) is 2.59. The van der Waals surface area contributed by atoms with Crippen molar-refractivity contribution in [1.82, 2.24) is 0 Å². The number of hydrogen-bond donors (Lipinski definition) is 1. The van der Waals surface area contributed by atoms with Crippen molar-refractivity contribution >= 4 is 28.6 Å². The number of benzene rings is 1. The maximum atomic E-state index is 10.7. The number of hydrogen-bond acceptors (Lipinski definition) is 5. The van der Waals surface area contributed by atoms with Crippen LogP contribution >= 0.6 is 11.8 Å². The molecule has 0 unspecified atom stereocenters. The number of rotatable bonds is 4. The molecule has 0 bridgehead atoms. The minimum atomic E-state index is -0.642. The minimum Gasteiger partial charge on any atom is -0.502 e. The van der Waals surface area contributed by atoms with E-state index in [1.54, 1.807) is 18.2 Å². The molecule has 0 saturated heterocycles. The number of thioether (sulfide) groups is 1. The van der Waals surface area contributed by atoms with Crippen molar-refractivity contribution < 1.29 is 14.8 Å². The van der Waals surface area contributed by atoms with Crippen molar-refractivity contribution in [2.24, 2.45) is 0 Å². The van der Waals surface area contributed by atoms with E-state index in [1.165, 1.54) is 19.1 Å². The number of para-hydroxylation sites is 1. The van der Waals surface area contributed by atoms with Gasteiger partial charge in [0.2, 0.25) is 5.75 Å². The lowest BCUT2D eigenvalue weighted by Gasteiger charge is -1.99. The summed E-state index contributed by atoms with van der Waals surface area (Å²) < 4.78 is 0. The molecule has 0 heterocycles. The maximum Gasteiger partial charge on any atom is 0.311 e. The van der Waals surface area contributed by atoms with Gasteiger partial charge in [0.1, 0.15) is 0 Å². The van der Waals surface area contributed by atoms with Gasteiger partial charge in [-0.05, 0) is 0 Å². The molecule has 90 valence electrons. The SMILES string of the molecule is CC(=O)SCC=Cc1cccc([N+](=O)[O-])c1O. The van der Waals surface area contributed by atoms with Gasteiger partial charge in [-0.1, -0.05) is 36.0 Å². The summed E-state index contributed by atoms with van der Waals surface area (Å²) in [7, 11) is 0. The van der Waals surface area contributed by atoms with Crippen LogP contribution in [0.3, 0.4) is 0 Å². The number of phenolic OH excluding ortho intramolecular Hbond substituents is 1. The minimum absolute atomic E-state index is 0.00193. The van der Waals surface area contributed by atoms with Gasteiger partial charge in [0.15, 0.2) is 5.12 Å². The molecule has 6 heteroatoms. The lowest BCUT2D eigenvalue weighted by atomic mass is 10.1. The van der Waals surface area contributed by atoms with Crippen LogP contribution in [0, 0.1) is 10.1 Å². The van der Waals surface area contributed by atoms with Crippen LogP contribution in [0.5, 0.6) is 5.75 Å². The molecule has 1 aromatic rings. The highest BCUT2D eigenvalue weighted by atomic mass is 32.2. The Labute approximate surface area is 102 Å². The zero-order chi connectivity index (χ0) is 12.8. The van der Waals surface area contributed by atoms with Crippen LogP contribution < -0.4 is 0 Å². The van der Waals surface area contributed by atoms with Crippen LogP contribution in [-0.2, 0) is 4.79 Å². The Morgan fingerprint density at radius 3 is 2.88 bits per heavy atom. The van der Waals surface area contributed by atoms with Crippen molar-refractivity contribution in [2.75, 3.05) is 5.75 Å². The summed E-state index contributed by atoms with van der Waals surface area (Å²) in [6.45, 7) is 1.46. The summed E-state index contributed by atoms with van der Waals surface area (Å²) in [5.41, 5.74) is 0.0368. The second-order valence-corrected chi connectivity index (χ2v) is 4.37. The monoisotopic (exact) mass is 253 g/mol. The number of nitro benzene ring substituents is 1. The molecular weight excluding hydrogens is 242 g/mol. The van der Waals surface area contributed by atoms with Crippen molar-refractivity contribution in [2.45, 2.75) is 6.92 Å². The summed E-state index contributed by atoms with van der Waals surface area (Å²) in [5, 5.41) is 20.2. The van der Waals surface area contributed by atoms with Gasteiger partial charge in [-0.25, -0.2) is 0 Å². The summed E-state index contributed by atoms with van der Waals surface area (Å²) in [4.78, 5) is 20.6. The third-order valence-corrected chi connectivity index (χ3v) is 2.69. The summed E-state index contributed by atoms with van der Waals surface area (Å²) in [6.07, 6.45) is 3.23. The fourth-order valence-corrected chi connectivity index (χ4v) is 1.60. The molecule has 17 heavy (non-hydrogen) atoms. The first-order valence-electron chi connectivity index (χ1n) is 4.78. The van der Waals surface area contributed by atoms with E-state index < -0.39 is 4.92 Å². The number of carbonyl (C=O) groups is 1. The molecule has 0 saturated carbocycles. The molecule has 0 aliphatic heterocycles. The van der Waals surface area contributed by atoms with Crippen molar-refractivity contribution in [3.8, 4) is 5.75 Å².